The number of piperazine rings is 1. The van der Waals surface area contributed by atoms with E-state index in [4.69, 9.17) is 0 Å². The Hall–Kier alpha value is -0.680. The number of sulfonamides is 1. The zero-order chi connectivity index (χ0) is 15.2. The standard InChI is InChI=1S/C13H26N4O2S/c1-4-13(12-14,15-2)6-5-7-16-8-10-17(11-9-16)20(3,18)19/h15H,4-11H2,1-3H3. The average Bonchev–Trinajstić information content (AvgIpc) is 2.44. The van der Waals surface area contributed by atoms with Gasteiger partial charge in [-0.3, -0.25) is 0 Å². The minimum atomic E-state index is -3.05. The number of hydrogen-bond donors (Lipinski definition) is 1. The van der Waals surface area contributed by atoms with Crippen LogP contribution in [0.5, 0.6) is 0 Å². The van der Waals surface area contributed by atoms with Gasteiger partial charge in [0.1, 0.15) is 5.54 Å². The molecule has 7 heteroatoms. The van der Waals surface area contributed by atoms with Gasteiger partial charge >= 0.3 is 0 Å². The summed E-state index contributed by atoms with van der Waals surface area (Å²) in [6, 6.07) is 2.36. The van der Waals surface area contributed by atoms with Crippen molar-refractivity contribution in [2.24, 2.45) is 0 Å². The first-order valence-electron chi connectivity index (χ1n) is 7.14. The van der Waals surface area contributed by atoms with Gasteiger partial charge in [0.2, 0.25) is 10.0 Å². The number of nitriles is 1. The zero-order valence-corrected chi connectivity index (χ0v) is 13.5. The summed E-state index contributed by atoms with van der Waals surface area (Å²) in [5.41, 5.74) is -0.422. The van der Waals surface area contributed by atoms with Crippen molar-refractivity contribution in [3.8, 4) is 6.07 Å². The van der Waals surface area contributed by atoms with Crippen LogP contribution in [-0.2, 0) is 10.0 Å². The van der Waals surface area contributed by atoms with Crippen LogP contribution < -0.4 is 5.32 Å². The molecule has 1 saturated heterocycles. The predicted molar refractivity (Wildman–Crippen MR) is 79.8 cm³/mol. The third-order valence-corrected chi connectivity index (χ3v) is 5.48. The highest BCUT2D eigenvalue weighted by atomic mass is 32.2. The quantitative estimate of drug-likeness (QED) is 0.729. The Bertz CT molecular complexity index is 432. The molecule has 1 rings (SSSR count). The fourth-order valence-corrected chi connectivity index (χ4v) is 3.39. The Morgan fingerprint density at radius 3 is 2.30 bits per heavy atom. The topological polar surface area (TPSA) is 76.4 Å². The smallest absolute Gasteiger partial charge is 0.211 e. The van der Waals surface area contributed by atoms with Crippen LogP contribution in [0.25, 0.3) is 0 Å². The Kier molecular flexibility index (Phi) is 6.40. The van der Waals surface area contributed by atoms with Gasteiger partial charge in [-0.25, -0.2) is 8.42 Å². The monoisotopic (exact) mass is 302 g/mol. The molecule has 1 fully saturated rings. The molecule has 0 amide bonds. The van der Waals surface area contributed by atoms with Gasteiger partial charge in [0.15, 0.2) is 0 Å². The second kappa shape index (κ2) is 7.36. The third-order valence-electron chi connectivity index (χ3n) is 4.17. The van der Waals surface area contributed by atoms with Crippen molar-refractivity contribution in [1.82, 2.24) is 14.5 Å². The Labute approximate surface area is 122 Å². The molecular formula is C13H26N4O2S. The lowest BCUT2D eigenvalue weighted by Gasteiger charge is -2.34. The van der Waals surface area contributed by atoms with E-state index >= 15 is 0 Å². The van der Waals surface area contributed by atoms with Crippen molar-refractivity contribution < 1.29 is 8.42 Å². The molecule has 1 aliphatic rings. The molecule has 0 aromatic carbocycles. The third kappa shape index (κ3) is 4.70. The van der Waals surface area contributed by atoms with Gasteiger partial charge in [-0.1, -0.05) is 6.92 Å². The van der Waals surface area contributed by atoms with Crippen LogP contribution in [0.15, 0.2) is 0 Å². The summed E-state index contributed by atoms with van der Waals surface area (Å²) in [6.07, 6.45) is 3.82. The summed E-state index contributed by atoms with van der Waals surface area (Å²) in [5.74, 6) is 0. The van der Waals surface area contributed by atoms with Crippen LogP contribution >= 0.6 is 0 Å². The van der Waals surface area contributed by atoms with Gasteiger partial charge < -0.3 is 10.2 Å². The predicted octanol–water partition coefficient (Wildman–Crippen LogP) is 0.236. The van der Waals surface area contributed by atoms with Crippen molar-refractivity contribution in [2.75, 3.05) is 46.0 Å². The molecule has 0 aromatic heterocycles. The van der Waals surface area contributed by atoms with Gasteiger partial charge in [-0.05, 0) is 32.9 Å². The van der Waals surface area contributed by atoms with Crippen molar-refractivity contribution in [1.29, 1.82) is 5.26 Å². The number of hydrogen-bond acceptors (Lipinski definition) is 5. The minimum Gasteiger partial charge on any atom is -0.302 e. The summed E-state index contributed by atoms with van der Waals surface area (Å²) in [7, 11) is -1.22. The molecule has 0 saturated carbocycles. The summed E-state index contributed by atoms with van der Waals surface area (Å²) >= 11 is 0. The molecule has 0 aliphatic carbocycles. The van der Waals surface area contributed by atoms with E-state index in [1.54, 1.807) is 0 Å². The molecule has 1 N–H and O–H groups in total. The Balaban J connectivity index is 2.34. The average molecular weight is 302 g/mol. The van der Waals surface area contributed by atoms with E-state index in [0.29, 0.717) is 13.1 Å². The molecule has 0 spiro atoms. The lowest BCUT2D eigenvalue weighted by atomic mass is 9.92. The molecule has 1 atom stereocenters. The van der Waals surface area contributed by atoms with E-state index in [1.165, 1.54) is 10.6 Å². The molecule has 0 aromatic rings. The van der Waals surface area contributed by atoms with Crippen LogP contribution in [-0.4, -0.2) is 69.2 Å². The molecule has 0 radical (unpaired) electrons. The van der Waals surface area contributed by atoms with Gasteiger partial charge in [-0.2, -0.15) is 9.57 Å². The maximum absolute atomic E-state index is 11.4. The van der Waals surface area contributed by atoms with Gasteiger partial charge in [0, 0.05) is 26.2 Å². The van der Waals surface area contributed by atoms with Crippen LogP contribution in [0.1, 0.15) is 26.2 Å². The van der Waals surface area contributed by atoms with Crippen LogP contribution in [0.3, 0.4) is 0 Å². The fraction of sp³-hybridized carbons (Fsp3) is 0.923. The van der Waals surface area contributed by atoms with Crippen molar-refractivity contribution in [2.45, 2.75) is 31.7 Å². The normalized spacial score (nSPS) is 21.3. The van der Waals surface area contributed by atoms with Crippen LogP contribution in [0.4, 0.5) is 0 Å². The molecule has 0 bridgehead atoms. The van der Waals surface area contributed by atoms with E-state index in [9.17, 15) is 13.7 Å². The maximum atomic E-state index is 11.4. The molecule has 1 aliphatic heterocycles. The molecular weight excluding hydrogens is 276 g/mol. The zero-order valence-electron chi connectivity index (χ0n) is 12.7. The summed E-state index contributed by atoms with van der Waals surface area (Å²) in [4.78, 5) is 2.27. The molecule has 116 valence electrons. The lowest BCUT2D eigenvalue weighted by Crippen LogP contribution is -2.49. The number of nitrogens with one attached hydrogen (secondary N) is 1. The molecule has 1 heterocycles. The summed E-state index contributed by atoms with van der Waals surface area (Å²) < 4.78 is 24.4. The Morgan fingerprint density at radius 2 is 1.90 bits per heavy atom. The van der Waals surface area contributed by atoms with Crippen LogP contribution in [0.2, 0.25) is 0 Å². The van der Waals surface area contributed by atoms with E-state index in [1.807, 2.05) is 14.0 Å². The fourth-order valence-electron chi connectivity index (χ4n) is 2.56. The summed E-state index contributed by atoms with van der Waals surface area (Å²) in [6.45, 7) is 5.63. The van der Waals surface area contributed by atoms with Gasteiger partial charge in [0.05, 0.1) is 12.3 Å². The SMILES string of the molecule is CCC(C#N)(CCCN1CCN(S(C)(=O)=O)CC1)NC. The number of nitrogens with zero attached hydrogens (tertiary/aromatic N) is 3. The van der Waals surface area contributed by atoms with Crippen molar-refractivity contribution in [3.05, 3.63) is 0 Å². The second-order valence-corrected chi connectivity index (χ2v) is 7.39. The maximum Gasteiger partial charge on any atom is 0.211 e. The molecule has 20 heavy (non-hydrogen) atoms. The largest absolute Gasteiger partial charge is 0.302 e. The highest BCUT2D eigenvalue weighted by Crippen LogP contribution is 2.17. The Morgan fingerprint density at radius 1 is 1.30 bits per heavy atom. The van der Waals surface area contributed by atoms with E-state index in [-0.39, 0.29) is 0 Å². The molecule has 1 unspecified atom stereocenters. The highest BCUT2D eigenvalue weighted by Gasteiger charge is 2.26. The summed E-state index contributed by atoms with van der Waals surface area (Å²) in [5, 5.41) is 12.4. The first-order valence-corrected chi connectivity index (χ1v) is 8.99. The van der Waals surface area contributed by atoms with E-state index < -0.39 is 15.6 Å². The first kappa shape index (κ1) is 17.4. The first-order chi connectivity index (χ1) is 9.37. The minimum absolute atomic E-state index is 0.422. The highest BCUT2D eigenvalue weighted by molar-refractivity contribution is 7.88. The van der Waals surface area contributed by atoms with E-state index in [2.05, 4.69) is 16.3 Å². The van der Waals surface area contributed by atoms with Crippen LogP contribution in [0, 0.1) is 11.3 Å². The molecule has 6 nitrogen and oxygen atoms in total. The van der Waals surface area contributed by atoms with Gasteiger partial charge in [0.25, 0.3) is 0 Å². The van der Waals surface area contributed by atoms with Crippen molar-refractivity contribution in [3.63, 3.8) is 0 Å². The number of rotatable bonds is 7. The van der Waals surface area contributed by atoms with Crippen molar-refractivity contribution >= 4 is 10.0 Å². The second-order valence-electron chi connectivity index (χ2n) is 5.40. The van der Waals surface area contributed by atoms with Gasteiger partial charge in [-0.15, -0.1) is 0 Å². The lowest BCUT2D eigenvalue weighted by molar-refractivity contribution is 0.182. The van der Waals surface area contributed by atoms with E-state index in [0.717, 1.165) is 38.9 Å².